The van der Waals surface area contributed by atoms with Crippen LogP contribution in [-0.4, -0.2) is 26.2 Å². The number of hydrogen-bond donors (Lipinski definition) is 2. The van der Waals surface area contributed by atoms with E-state index in [4.69, 9.17) is 0 Å². The highest BCUT2D eigenvalue weighted by Crippen LogP contribution is 2.13. The van der Waals surface area contributed by atoms with Crippen LogP contribution in [0.25, 0.3) is 0 Å². The Morgan fingerprint density at radius 1 is 0.360 bits per heavy atom. The second-order valence-corrected chi connectivity index (χ2v) is 7.76. The Hall–Kier alpha value is -0.0800. The van der Waals surface area contributed by atoms with Gasteiger partial charge in [0.05, 0.1) is 0 Å². The molecule has 0 bridgehead atoms. The van der Waals surface area contributed by atoms with Gasteiger partial charge in [-0.1, -0.05) is 110 Å². The van der Waals surface area contributed by atoms with E-state index in [1.807, 2.05) is 0 Å². The second-order valence-electron chi connectivity index (χ2n) is 7.76. The van der Waals surface area contributed by atoms with E-state index in [2.05, 4.69) is 24.5 Å². The average Bonchev–Trinajstić information content (AvgIpc) is 2.63. The summed E-state index contributed by atoms with van der Waals surface area (Å²) in [5.41, 5.74) is 0. The average molecular weight is 355 g/mol. The van der Waals surface area contributed by atoms with Crippen LogP contribution in [0.1, 0.15) is 123 Å². The van der Waals surface area contributed by atoms with Gasteiger partial charge >= 0.3 is 0 Å². The standard InChI is InChI=1S/C23H50N2/c1-3-5-6-7-8-9-10-11-12-13-14-15-16-17-18-19-21-25-23-20-22-24-4-2/h24-25H,3-23H2,1-2H3. The van der Waals surface area contributed by atoms with Crippen molar-refractivity contribution in [3.05, 3.63) is 0 Å². The zero-order chi connectivity index (χ0) is 18.3. The molecule has 2 nitrogen and oxygen atoms in total. The summed E-state index contributed by atoms with van der Waals surface area (Å²) >= 11 is 0. The third-order valence-corrected chi connectivity index (χ3v) is 5.16. The normalized spacial score (nSPS) is 11.3. The highest BCUT2D eigenvalue weighted by atomic mass is 14.9. The first-order chi connectivity index (χ1) is 12.4. The van der Waals surface area contributed by atoms with Crippen LogP contribution in [0.4, 0.5) is 0 Å². The molecule has 0 atom stereocenters. The first-order valence-electron chi connectivity index (χ1n) is 11.8. The monoisotopic (exact) mass is 354 g/mol. The predicted octanol–water partition coefficient (Wildman–Crippen LogP) is 6.84. The van der Waals surface area contributed by atoms with Gasteiger partial charge in [-0.2, -0.15) is 0 Å². The Morgan fingerprint density at radius 3 is 1.16 bits per heavy atom. The Balaban J connectivity index is 2.94. The molecule has 0 aromatic rings. The van der Waals surface area contributed by atoms with Crippen LogP contribution in [0, 0.1) is 0 Å². The molecular formula is C23H50N2. The summed E-state index contributed by atoms with van der Waals surface area (Å²) in [5, 5.41) is 6.92. The fraction of sp³-hybridized carbons (Fsp3) is 1.00. The van der Waals surface area contributed by atoms with Gasteiger partial charge in [-0.15, -0.1) is 0 Å². The van der Waals surface area contributed by atoms with Crippen molar-refractivity contribution >= 4 is 0 Å². The molecule has 0 aromatic carbocycles. The maximum atomic E-state index is 3.55. The smallest absolute Gasteiger partial charge is 0.00368 e. The van der Waals surface area contributed by atoms with Crippen molar-refractivity contribution < 1.29 is 0 Å². The molecule has 0 radical (unpaired) electrons. The molecule has 25 heavy (non-hydrogen) atoms. The summed E-state index contributed by atoms with van der Waals surface area (Å²) in [6, 6.07) is 0. The van der Waals surface area contributed by atoms with E-state index < -0.39 is 0 Å². The molecule has 152 valence electrons. The summed E-state index contributed by atoms with van der Waals surface area (Å²) in [4.78, 5) is 0. The SMILES string of the molecule is CCCCCCCCCCCCCCCCCCNCCCNCC. The van der Waals surface area contributed by atoms with Crippen molar-refractivity contribution in [1.82, 2.24) is 10.6 Å². The van der Waals surface area contributed by atoms with Crippen LogP contribution in [-0.2, 0) is 0 Å². The molecular weight excluding hydrogens is 304 g/mol. The van der Waals surface area contributed by atoms with Gasteiger partial charge in [0.25, 0.3) is 0 Å². The van der Waals surface area contributed by atoms with Gasteiger partial charge < -0.3 is 10.6 Å². The predicted molar refractivity (Wildman–Crippen MR) is 116 cm³/mol. The highest BCUT2D eigenvalue weighted by Gasteiger charge is 1.95. The number of hydrogen-bond acceptors (Lipinski definition) is 2. The Bertz CT molecular complexity index is 196. The lowest BCUT2D eigenvalue weighted by Crippen LogP contribution is -2.22. The van der Waals surface area contributed by atoms with Gasteiger partial charge in [-0.05, 0) is 39.0 Å². The summed E-state index contributed by atoms with van der Waals surface area (Å²) in [6.07, 6.45) is 24.5. The molecule has 0 unspecified atom stereocenters. The molecule has 0 aliphatic carbocycles. The van der Waals surface area contributed by atoms with Gasteiger partial charge in [-0.25, -0.2) is 0 Å². The van der Waals surface area contributed by atoms with Crippen LogP contribution < -0.4 is 10.6 Å². The van der Waals surface area contributed by atoms with Crippen molar-refractivity contribution in [1.29, 1.82) is 0 Å². The second kappa shape index (κ2) is 23.9. The van der Waals surface area contributed by atoms with E-state index >= 15 is 0 Å². The largest absolute Gasteiger partial charge is 0.317 e. The number of rotatable bonds is 22. The highest BCUT2D eigenvalue weighted by molar-refractivity contribution is 4.53. The molecule has 0 saturated carbocycles. The molecule has 0 amide bonds. The zero-order valence-electron chi connectivity index (χ0n) is 17.8. The van der Waals surface area contributed by atoms with E-state index in [1.165, 1.54) is 122 Å². The van der Waals surface area contributed by atoms with Crippen molar-refractivity contribution in [2.45, 2.75) is 123 Å². The topological polar surface area (TPSA) is 24.1 Å². The van der Waals surface area contributed by atoms with Crippen LogP contribution in [0.5, 0.6) is 0 Å². The molecule has 0 fully saturated rings. The minimum Gasteiger partial charge on any atom is -0.317 e. The summed E-state index contributed by atoms with van der Waals surface area (Å²) in [6.45, 7) is 9.10. The van der Waals surface area contributed by atoms with Gasteiger partial charge in [0.15, 0.2) is 0 Å². The summed E-state index contributed by atoms with van der Waals surface area (Å²) in [7, 11) is 0. The van der Waals surface area contributed by atoms with E-state index in [1.54, 1.807) is 0 Å². The molecule has 0 spiro atoms. The zero-order valence-corrected chi connectivity index (χ0v) is 17.8. The lowest BCUT2D eigenvalue weighted by molar-refractivity contribution is 0.523. The van der Waals surface area contributed by atoms with Crippen molar-refractivity contribution in [2.75, 3.05) is 26.2 Å². The minimum absolute atomic E-state index is 1.10. The molecule has 2 heteroatoms. The van der Waals surface area contributed by atoms with Crippen molar-refractivity contribution in [3.63, 3.8) is 0 Å². The van der Waals surface area contributed by atoms with Crippen LogP contribution in [0.2, 0.25) is 0 Å². The molecule has 0 heterocycles. The lowest BCUT2D eigenvalue weighted by atomic mass is 10.0. The van der Waals surface area contributed by atoms with Gasteiger partial charge in [0.2, 0.25) is 0 Å². The fourth-order valence-electron chi connectivity index (χ4n) is 3.44. The van der Waals surface area contributed by atoms with E-state index in [0.717, 1.165) is 13.1 Å². The van der Waals surface area contributed by atoms with Crippen LogP contribution in [0.15, 0.2) is 0 Å². The van der Waals surface area contributed by atoms with Gasteiger partial charge in [0, 0.05) is 0 Å². The minimum atomic E-state index is 1.10. The van der Waals surface area contributed by atoms with Crippen molar-refractivity contribution in [2.24, 2.45) is 0 Å². The fourth-order valence-corrected chi connectivity index (χ4v) is 3.44. The van der Waals surface area contributed by atoms with Gasteiger partial charge in [-0.3, -0.25) is 0 Å². The number of unbranched alkanes of at least 4 members (excludes halogenated alkanes) is 15. The molecule has 0 aromatic heterocycles. The Kier molecular flexibility index (Phi) is 23.8. The quantitative estimate of drug-likeness (QED) is 0.208. The molecule has 0 aliphatic heterocycles. The lowest BCUT2D eigenvalue weighted by Gasteiger charge is -2.05. The van der Waals surface area contributed by atoms with Gasteiger partial charge in [0.1, 0.15) is 0 Å². The Morgan fingerprint density at radius 2 is 0.720 bits per heavy atom. The maximum Gasteiger partial charge on any atom is -0.00368 e. The summed E-state index contributed by atoms with van der Waals surface area (Å²) in [5.74, 6) is 0. The summed E-state index contributed by atoms with van der Waals surface area (Å²) < 4.78 is 0. The third kappa shape index (κ3) is 23.9. The van der Waals surface area contributed by atoms with E-state index in [9.17, 15) is 0 Å². The Labute approximate surface area is 160 Å². The van der Waals surface area contributed by atoms with Crippen molar-refractivity contribution in [3.8, 4) is 0 Å². The molecule has 2 N–H and O–H groups in total. The molecule has 0 aliphatic rings. The molecule has 0 rings (SSSR count). The maximum absolute atomic E-state index is 3.55. The molecule has 0 saturated heterocycles. The van der Waals surface area contributed by atoms with Crippen LogP contribution >= 0.6 is 0 Å². The van der Waals surface area contributed by atoms with E-state index in [0.29, 0.717) is 0 Å². The van der Waals surface area contributed by atoms with E-state index in [-0.39, 0.29) is 0 Å². The number of nitrogens with one attached hydrogen (secondary N) is 2. The van der Waals surface area contributed by atoms with Crippen LogP contribution in [0.3, 0.4) is 0 Å². The first kappa shape index (κ1) is 24.9. The first-order valence-corrected chi connectivity index (χ1v) is 11.8. The third-order valence-electron chi connectivity index (χ3n) is 5.16.